The fraction of sp³-hybridized carbons (Fsp3) is 0.333. The van der Waals surface area contributed by atoms with E-state index in [1.807, 2.05) is 0 Å². The molecule has 0 amide bonds. The fourth-order valence-electron chi connectivity index (χ4n) is 1.02. The van der Waals surface area contributed by atoms with Crippen molar-refractivity contribution in [2.24, 2.45) is 0 Å². The minimum atomic E-state index is -1.30. The van der Waals surface area contributed by atoms with Gasteiger partial charge in [-0.2, -0.15) is 0 Å². The molecule has 1 unspecified atom stereocenters. The number of hydrogen-bond acceptors (Lipinski definition) is 0. The highest BCUT2D eigenvalue weighted by Gasteiger charge is 2.16. The third-order valence-corrected chi connectivity index (χ3v) is 1.69. The van der Waals surface area contributed by atoms with Crippen LogP contribution in [-0.2, 0) is 5.11 Å². The molecule has 0 aliphatic heterocycles. The second kappa shape index (κ2) is 3.63. The first kappa shape index (κ1) is 9.13. The number of rotatable bonds is 2. The van der Waals surface area contributed by atoms with Crippen LogP contribution in [0.1, 0.15) is 25.0 Å². The first-order valence-electron chi connectivity index (χ1n) is 3.76. The summed E-state index contributed by atoms with van der Waals surface area (Å²) in [6.07, 6.45) is -1.11. The molecule has 0 saturated carbocycles. The quantitative estimate of drug-likeness (QED) is 0.652. The molecule has 1 rings (SSSR count). The summed E-state index contributed by atoms with van der Waals surface area (Å²) >= 11 is 0. The maximum absolute atomic E-state index is 12.8. The summed E-state index contributed by atoms with van der Waals surface area (Å²) in [7, 11) is 0. The van der Waals surface area contributed by atoms with Crippen LogP contribution in [0.2, 0.25) is 0 Å². The molecular formula is C9H9F2O. The zero-order chi connectivity index (χ0) is 9.14. The molecular weight excluding hydrogens is 162 g/mol. The second-order valence-corrected chi connectivity index (χ2v) is 2.53. The predicted octanol–water partition coefficient (Wildman–Crippen LogP) is 2.85. The highest BCUT2D eigenvalue weighted by atomic mass is 19.1. The number of halogens is 2. The van der Waals surface area contributed by atoms with Crippen LogP contribution < -0.4 is 0 Å². The van der Waals surface area contributed by atoms with E-state index in [1.165, 1.54) is 6.07 Å². The van der Waals surface area contributed by atoms with Gasteiger partial charge in [-0.1, -0.05) is 13.0 Å². The maximum Gasteiger partial charge on any atom is 0.132 e. The van der Waals surface area contributed by atoms with Crippen LogP contribution in [-0.4, -0.2) is 0 Å². The molecule has 0 aliphatic rings. The lowest BCUT2D eigenvalue weighted by molar-refractivity contribution is 0.0790. The molecule has 1 aromatic carbocycles. The molecule has 0 N–H and O–H groups in total. The lowest BCUT2D eigenvalue weighted by atomic mass is 10.1. The molecule has 1 atom stereocenters. The van der Waals surface area contributed by atoms with E-state index in [0.717, 1.165) is 12.1 Å². The molecule has 0 aromatic heterocycles. The summed E-state index contributed by atoms with van der Waals surface area (Å²) in [5, 5.41) is 11.1. The standard InChI is InChI=1S/C9H9F2O/c1-2-8(12)9-6(10)4-3-5-7(9)11/h3-5,8H,2H2,1H3. The van der Waals surface area contributed by atoms with Crippen molar-refractivity contribution in [2.75, 3.05) is 0 Å². The third kappa shape index (κ3) is 1.61. The van der Waals surface area contributed by atoms with Crippen molar-refractivity contribution < 1.29 is 13.9 Å². The predicted molar refractivity (Wildman–Crippen MR) is 40.1 cm³/mol. The molecule has 12 heavy (non-hydrogen) atoms. The van der Waals surface area contributed by atoms with Crippen LogP contribution in [0.25, 0.3) is 0 Å². The summed E-state index contributed by atoms with van der Waals surface area (Å²) < 4.78 is 25.7. The lowest BCUT2D eigenvalue weighted by Gasteiger charge is -2.07. The van der Waals surface area contributed by atoms with E-state index < -0.39 is 17.7 Å². The van der Waals surface area contributed by atoms with Crippen LogP contribution in [0.15, 0.2) is 18.2 Å². The summed E-state index contributed by atoms with van der Waals surface area (Å²) in [6.45, 7) is 1.60. The van der Waals surface area contributed by atoms with E-state index in [2.05, 4.69) is 0 Å². The topological polar surface area (TPSA) is 19.9 Å². The van der Waals surface area contributed by atoms with Crippen LogP contribution in [0.3, 0.4) is 0 Å². The first-order chi connectivity index (χ1) is 5.66. The van der Waals surface area contributed by atoms with Gasteiger partial charge in [0.25, 0.3) is 0 Å². The van der Waals surface area contributed by atoms with Gasteiger partial charge in [0, 0.05) is 0 Å². The second-order valence-electron chi connectivity index (χ2n) is 2.53. The third-order valence-electron chi connectivity index (χ3n) is 1.69. The lowest BCUT2D eigenvalue weighted by Crippen LogP contribution is -2.01. The number of benzene rings is 1. The van der Waals surface area contributed by atoms with Crippen molar-refractivity contribution in [2.45, 2.75) is 19.4 Å². The molecule has 0 bridgehead atoms. The summed E-state index contributed by atoms with van der Waals surface area (Å²) in [4.78, 5) is 0. The van der Waals surface area contributed by atoms with Gasteiger partial charge >= 0.3 is 0 Å². The molecule has 0 fully saturated rings. The monoisotopic (exact) mass is 171 g/mol. The van der Waals surface area contributed by atoms with Crippen LogP contribution in [0, 0.1) is 11.6 Å². The number of hydrogen-bond donors (Lipinski definition) is 0. The van der Waals surface area contributed by atoms with Gasteiger partial charge in [-0.25, -0.2) is 13.9 Å². The molecule has 0 heterocycles. The Bertz CT molecular complexity index is 253. The van der Waals surface area contributed by atoms with E-state index in [9.17, 15) is 13.9 Å². The van der Waals surface area contributed by atoms with Gasteiger partial charge in [0.2, 0.25) is 0 Å². The van der Waals surface area contributed by atoms with Gasteiger partial charge in [0.15, 0.2) is 0 Å². The van der Waals surface area contributed by atoms with Gasteiger partial charge in [0.05, 0.1) is 5.56 Å². The van der Waals surface area contributed by atoms with E-state index >= 15 is 0 Å². The molecule has 0 aliphatic carbocycles. The van der Waals surface area contributed by atoms with Crippen molar-refractivity contribution in [3.05, 3.63) is 35.4 Å². The van der Waals surface area contributed by atoms with E-state index in [0.29, 0.717) is 0 Å². The summed E-state index contributed by atoms with van der Waals surface area (Å²) in [6, 6.07) is 3.44. The normalized spacial score (nSPS) is 13.0. The van der Waals surface area contributed by atoms with Gasteiger partial charge in [-0.3, -0.25) is 0 Å². The molecule has 0 saturated heterocycles. The van der Waals surface area contributed by atoms with Crippen molar-refractivity contribution in [3.8, 4) is 0 Å². The summed E-state index contributed by atoms with van der Waals surface area (Å²) in [5.74, 6) is -1.51. The first-order valence-corrected chi connectivity index (χ1v) is 3.76. The molecule has 65 valence electrons. The highest BCUT2D eigenvalue weighted by Crippen LogP contribution is 2.22. The van der Waals surface area contributed by atoms with Gasteiger partial charge in [-0.05, 0) is 18.6 Å². The average molecular weight is 171 g/mol. The molecule has 3 heteroatoms. The Morgan fingerprint density at radius 2 is 1.83 bits per heavy atom. The SMILES string of the molecule is CCC([O])c1c(F)cccc1F. The van der Waals surface area contributed by atoms with Crippen LogP contribution >= 0.6 is 0 Å². The molecule has 1 nitrogen and oxygen atoms in total. The zero-order valence-corrected chi connectivity index (χ0v) is 6.68. The van der Waals surface area contributed by atoms with Gasteiger partial charge < -0.3 is 0 Å². The van der Waals surface area contributed by atoms with Gasteiger partial charge in [-0.15, -0.1) is 0 Å². The Kier molecular flexibility index (Phi) is 2.76. The molecule has 1 radical (unpaired) electrons. The molecule has 1 aromatic rings. The Labute approximate surface area is 69.7 Å². The van der Waals surface area contributed by atoms with Crippen molar-refractivity contribution in [1.82, 2.24) is 0 Å². The highest BCUT2D eigenvalue weighted by molar-refractivity contribution is 5.21. The minimum absolute atomic E-state index is 0.192. The molecule has 0 spiro atoms. The largest absolute Gasteiger partial charge is 0.228 e. The maximum atomic E-state index is 12.8. The van der Waals surface area contributed by atoms with Crippen molar-refractivity contribution in [3.63, 3.8) is 0 Å². The van der Waals surface area contributed by atoms with Gasteiger partial charge in [0.1, 0.15) is 17.7 Å². The Balaban J connectivity index is 3.12. The Morgan fingerprint density at radius 3 is 2.25 bits per heavy atom. The van der Waals surface area contributed by atoms with Crippen molar-refractivity contribution >= 4 is 0 Å². The fourth-order valence-corrected chi connectivity index (χ4v) is 1.02. The zero-order valence-electron chi connectivity index (χ0n) is 6.68. The smallest absolute Gasteiger partial charge is 0.132 e. The van der Waals surface area contributed by atoms with E-state index in [-0.39, 0.29) is 12.0 Å². The van der Waals surface area contributed by atoms with Crippen LogP contribution in [0.5, 0.6) is 0 Å². The van der Waals surface area contributed by atoms with E-state index in [1.54, 1.807) is 6.92 Å². The Morgan fingerprint density at radius 1 is 1.33 bits per heavy atom. The average Bonchev–Trinajstić information content (AvgIpc) is 2.03. The van der Waals surface area contributed by atoms with E-state index in [4.69, 9.17) is 0 Å². The minimum Gasteiger partial charge on any atom is -0.228 e. The Hall–Kier alpha value is -0.960. The van der Waals surface area contributed by atoms with Crippen LogP contribution in [0.4, 0.5) is 8.78 Å². The van der Waals surface area contributed by atoms with Crippen molar-refractivity contribution in [1.29, 1.82) is 0 Å². The summed E-state index contributed by atoms with van der Waals surface area (Å²) in [5.41, 5.74) is -0.347.